The summed E-state index contributed by atoms with van der Waals surface area (Å²) in [5, 5.41) is 0. The lowest BCUT2D eigenvalue weighted by Crippen LogP contribution is -2.07. The standard InChI is InChI=1S/C28H39IO4/c1-2-3-4-5-6-7-8-9-12-20-31-27-17-11-10-16-26(27)18-19-28(30)32-22-24-14-13-15-25(21-24)23-33-29/h10-11,13-17,21H,2-9,12,18-20,22-23H2,1H3. The molecule has 0 saturated carbocycles. The van der Waals surface area contributed by atoms with Gasteiger partial charge in [0.2, 0.25) is 0 Å². The van der Waals surface area contributed by atoms with Crippen molar-refractivity contribution in [1.82, 2.24) is 0 Å². The Morgan fingerprint density at radius 2 is 1.48 bits per heavy atom. The molecule has 0 radical (unpaired) electrons. The topological polar surface area (TPSA) is 44.8 Å². The van der Waals surface area contributed by atoms with E-state index >= 15 is 0 Å². The van der Waals surface area contributed by atoms with Crippen molar-refractivity contribution >= 4 is 29.0 Å². The number of rotatable bonds is 18. The van der Waals surface area contributed by atoms with Crippen molar-refractivity contribution in [2.75, 3.05) is 6.61 Å². The second kappa shape index (κ2) is 17.8. The van der Waals surface area contributed by atoms with Crippen LogP contribution < -0.4 is 4.74 Å². The fraction of sp³-hybridized carbons (Fsp3) is 0.536. The predicted octanol–water partition coefficient (Wildman–Crippen LogP) is 8.14. The van der Waals surface area contributed by atoms with Crippen LogP contribution in [-0.4, -0.2) is 12.6 Å². The fourth-order valence-corrected chi connectivity index (χ4v) is 4.15. The zero-order valence-corrected chi connectivity index (χ0v) is 22.2. The minimum Gasteiger partial charge on any atom is -0.493 e. The molecule has 0 fully saturated rings. The number of aryl methyl sites for hydroxylation is 1. The monoisotopic (exact) mass is 566 g/mol. The van der Waals surface area contributed by atoms with Crippen molar-refractivity contribution < 1.29 is 17.3 Å². The largest absolute Gasteiger partial charge is 0.493 e. The average Bonchev–Trinajstić information content (AvgIpc) is 2.83. The van der Waals surface area contributed by atoms with Gasteiger partial charge >= 0.3 is 5.97 Å². The lowest BCUT2D eigenvalue weighted by molar-refractivity contribution is -0.144. The van der Waals surface area contributed by atoms with Gasteiger partial charge in [-0.3, -0.25) is 4.79 Å². The van der Waals surface area contributed by atoms with E-state index < -0.39 is 0 Å². The Morgan fingerprint density at radius 3 is 2.21 bits per heavy atom. The number of halogens is 1. The highest BCUT2D eigenvalue weighted by atomic mass is 127. The normalized spacial score (nSPS) is 10.8. The van der Waals surface area contributed by atoms with Gasteiger partial charge in [-0.15, -0.1) is 0 Å². The summed E-state index contributed by atoms with van der Waals surface area (Å²) in [4.78, 5) is 12.3. The molecule has 182 valence electrons. The Hall–Kier alpha value is -1.60. The molecule has 2 rings (SSSR count). The van der Waals surface area contributed by atoms with Crippen molar-refractivity contribution in [2.24, 2.45) is 0 Å². The predicted molar refractivity (Wildman–Crippen MR) is 143 cm³/mol. The zero-order chi connectivity index (χ0) is 23.6. The highest BCUT2D eigenvalue weighted by Crippen LogP contribution is 2.21. The number of carbonyl (C=O) groups is 1. The SMILES string of the molecule is CCCCCCCCCCCOc1ccccc1CCC(=O)OCc1cccc(COI)c1. The quantitative estimate of drug-likeness (QED) is 0.104. The minimum absolute atomic E-state index is 0.195. The summed E-state index contributed by atoms with van der Waals surface area (Å²) in [5.41, 5.74) is 3.10. The molecule has 0 amide bonds. The number of unbranched alkanes of at least 4 members (excludes halogenated alkanes) is 8. The summed E-state index contributed by atoms with van der Waals surface area (Å²) in [5.74, 6) is 0.690. The molecule has 0 spiro atoms. The molecule has 0 aromatic heterocycles. The maximum atomic E-state index is 12.3. The van der Waals surface area contributed by atoms with E-state index in [0.29, 0.717) is 19.4 Å². The molecule has 0 aliphatic rings. The van der Waals surface area contributed by atoms with Gasteiger partial charge in [-0.2, -0.15) is 0 Å². The Kier molecular flexibility index (Phi) is 14.9. The third-order valence-corrected chi connectivity index (χ3v) is 6.00. The molecule has 0 aliphatic carbocycles. The summed E-state index contributed by atoms with van der Waals surface area (Å²) < 4.78 is 16.6. The lowest BCUT2D eigenvalue weighted by Gasteiger charge is -2.12. The van der Waals surface area contributed by atoms with Gasteiger partial charge in [0, 0.05) is 6.42 Å². The van der Waals surface area contributed by atoms with E-state index in [1.54, 1.807) is 0 Å². The molecular formula is C28H39IO4. The van der Waals surface area contributed by atoms with E-state index in [0.717, 1.165) is 35.5 Å². The van der Waals surface area contributed by atoms with Crippen LogP contribution in [0.4, 0.5) is 0 Å². The summed E-state index contributed by atoms with van der Waals surface area (Å²) in [7, 11) is 0. The first-order valence-electron chi connectivity index (χ1n) is 12.4. The van der Waals surface area contributed by atoms with Crippen LogP contribution in [0.1, 0.15) is 87.8 Å². The third-order valence-electron chi connectivity index (χ3n) is 5.69. The maximum absolute atomic E-state index is 12.3. The van der Waals surface area contributed by atoms with Gasteiger partial charge < -0.3 is 12.5 Å². The first-order chi connectivity index (χ1) is 16.2. The minimum atomic E-state index is -0.195. The second-order valence-corrected chi connectivity index (χ2v) is 9.14. The second-order valence-electron chi connectivity index (χ2n) is 8.52. The molecule has 0 heterocycles. The highest BCUT2D eigenvalue weighted by molar-refractivity contribution is 14.1. The Balaban J connectivity index is 1.64. The molecule has 2 aromatic rings. The smallest absolute Gasteiger partial charge is 0.306 e. The van der Waals surface area contributed by atoms with Crippen LogP contribution in [0.3, 0.4) is 0 Å². The molecular weight excluding hydrogens is 527 g/mol. The molecule has 0 bridgehead atoms. The Labute approximate surface area is 214 Å². The zero-order valence-electron chi connectivity index (χ0n) is 20.0. The molecule has 4 nitrogen and oxygen atoms in total. The van der Waals surface area contributed by atoms with Gasteiger partial charge in [-0.05, 0) is 35.6 Å². The van der Waals surface area contributed by atoms with Crippen LogP contribution in [0.15, 0.2) is 48.5 Å². The molecule has 33 heavy (non-hydrogen) atoms. The number of ether oxygens (including phenoxy) is 2. The summed E-state index contributed by atoms with van der Waals surface area (Å²) in [6.07, 6.45) is 12.7. The van der Waals surface area contributed by atoms with Crippen LogP contribution in [-0.2, 0) is 32.2 Å². The first-order valence-corrected chi connectivity index (χ1v) is 13.3. The summed E-state index contributed by atoms with van der Waals surface area (Å²) >= 11 is 1.88. The summed E-state index contributed by atoms with van der Waals surface area (Å²) in [6.45, 7) is 3.81. The summed E-state index contributed by atoms with van der Waals surface area (Å²) in [6, 6.07) is 15.9. The average molecular weight is 567 g/mol. The van der Waals surface area contributed by atoms with Crippen LogP contribution in [0.5, 0.6) is 5.75 Å². The van der Waals surface area contributed by atoms with Gasteiger partial charge in [0.1, 0.15) is 35.4 Å². The number of esters is 1. The maximum Gasteiger partial charge on any atom is 0.306 e. The molecule has 0 aliphatic heterocycles. The van der Waals surface area contributed by atoms with Crippen LogP contribution in [0.25, 0.3) is 0 Å². The molecule has 0 unspecified atom stereocenters. The molecule has 0 atom stereocenters. The van der Waals surface area contributed by atoms with Gasteiger partial charge in [0.15, 0.2) is 0 Å². The van der Waals surface area contributed by atoms with E-state index in [1.807, 2.05) is 71.5 Å². The van der Waals surface area contributed by atoms with Gasteiger partial charge in [-0.25, -0.2) is 0 Å². The van der Waals surface area contributed by atoms with Crippen molar-refractivity contribution in [2.45, 2.75) is 90.8 Å². The third kappa shape index (κ3) is 12.4. The van der Waals surface area contributed by atoms with E-state index in [-0.39, 0.29) is 12.6 Å². The van der Waals surface area contributed by atoms with Crippen molar-refractivity contribution in [1.29, 1.82) is 0 Å². The first kappa shape index (κ1) is 27.6. The molecule has 0 N–H and O–H groups in total. The Morgan fingerprint density at radius 1 is 0.818 bits per heavy atom. The fourth-order valence-electron chi connectivity index (χ4n) is 3.79. The van der Waals surface area contributed by atoms with Gasteiger partial charge in [0.25, 0.3) is 0 Å². The van der Waals surface area contributed by atoms with Crippen LogP contribution >= 0.6 is 23.0 Å². The molecule has 5 heteroatoms. The lowest BCUT2D eigenvalue weighted by atomic mass is 10.1. The van der Waals surface area contributed by atoms with E-state index in [4.69, 9.17) is 12.5 Å². The number of carbonyl (C=O) groups excluding carboxylic acids is 1. The molecule has 2 aromatic carbocycles. The van der Waals surface area contributed by atoms with Gasteiger partial charge in [-0.1, -0.05) is 101 Å². The Bertz CT molecular complexity index is 793. The number of hydrogen-bond donors (Lipinski definition) is 0. The number of para-hydroxylation sites is 1. The van der Waals surface area contributed by atoms with Crippen molar-refractivity contribution in [3.05, 3.63) is 65.2 Å². The van der Waals surface area contributed by atoms with Gasteiger partial charge in [0.05, 0.1) is 13.2 Å². The highest BCUT2D eigenvalue weighted by Gasteiger charge is 2.09. The number of hydrogen-bond acceptors (Lipinski definition) is 4. The van der Waals surface area contributed by atoms with Crippen LogP contribution in [0, 0.1) is 0 Å². The van der Waals surface area contributed by atoms with Crippen molar-refractivity contribution in [3.8, 4) is 5.75 Å². The van der Waals surface area contributed by atoms with Crippen LogP contribution in [0.2, 0.25) is 0 Å². The van der Waals surface area contributed by atoms with Crippen molar-refractivity contribution in [3.63, 3.8) is 0 Å². The van der Waals surface area contributed by atoms with E-state index in [9.17, 15) is 4.79 Å². The molecule has 0 saturated heterocycles. The number of benzene rings is 2. The van der Waals surface area contributed by atoms with E-state index in [2.05, 4.69) is 6.92 Å². The van der Waals surface area contributed by atoms with E-state index in [1.165, 1.54) is 51.4 Å².